The van der Waals surface area contributed by atoms with E-state index in [-0.39, 0.29) is 11.9 Å². The quantitative estimate of drug-likeness (QED) is 0.701. The molecule has 0 aliphatic heterocycles. The van der Waals surface area contributed by atoms with Crippen molar-refractivity contribution in [1.29, 1.82) is 0 Å². The van der Waals surface area contributed by atoms with Crippen LogP contribution in [0.25, 0.3) is 10.9 Å². The van der Waals surface area contributed by atoms with Crippen LogP contribution in [0.5, 0.6) is 5.75 Å². The summed E-state index contributed by atoms with van der Waals surface area (Å²) in [5, 5.41) is 4.16. The van der Waals surface area contributed by atoms with Gasteiger partial charge in [0, 0.05) is 36.6 Å². The molecule has 0 aliphatic rings. The van der Waals surface area contributed by atoms with Crippen molar-refractivity contribution >= 4 is 16.8 Å². The van der Waals surface area contributed by atoms with Crippen LogP contribution in [0.15, 0.2) is 54.7 Å². The first-order valence-electron chi connectivity index (χ1n) is 9.03. The zero-order chi connectivity index (χ0) is 18.5. The third-order valence-corrected chi connectivity index (χ3v) is 4.63. The average molecular weight is 350 g/mol. The number of benzene rings is 2. The molecule has 2 aromatic carbocycles. The highest BCUT2D eigenvalue weighted by Crippen LogP contribution is 2.27. The van der Waals surface area contributed by atoms with Crippen molar-refractivity contribution in [1.82, 2.24) is 9.88 Å². The molecule has 1 N–H and O–H groups in total. The normalized spacial score (nSPS) is 12.1. The van der Waals surface area contributed by atoms with Gasteiger partial charge in [-0.3, -0.25) is 4.79 Å². The highest BCUT2D eigenvalue weighted by atomic mass is 16.5. The summed E-state index contributed by atoms with van der Waals surface area (Å²) in [6, 6.07) is 16.8. The molecule has 3 aromatic rings. The van der Waals surface area contributed by atoms with Gasteiger partial charge in [-0.1, -0.05) is 30.3 Å². The van der Waals surface area contributed by atoms with E-state index in [0.29, 0.717) is 0 Å². The summed E-state index contributed by atoms with van der Waals surface area (Å²) in [5.74, 6) is 0.856. The molecule has 4 nitrogen and oxygen atoms in total. The Kier molecular flexibility index (Phi) is 5.61. The van der Waals surface area contributed by atoms with E-state index in [1.165, 1.54) is 22.0 Å². The van der Waals surface area contributed by atoms with Gasteiger partial charge < -0.3 is 14.6 Å². The monoisotopic (exact) mass is 350 g/mol. The minimum Gasteiger partial charge on any atom is -0.497 e. The molecule has 0 saturated carbocycles. The fourth-order valence-corrected chi connectivity index (χ4v) is 3.45. The number of carbonyl (C=O) groups excluding carboxylic acids is 1. The summed E-state index contributed by atoms with van der Waals surface area (Å²) in [7, 11) is 1.69. The molecule has 0 saturated heterocycles. The first kappa shape index (κ1) is 18.1. The second-order valence-electron chi connectivity index (χ2n) is 6.77. The summed E-state index contributed by atoms with van der Waals surface area (Å²) in [4.78, 5) is 11.3. The molecule has 0 aliphatic carbocycles. The third kappa shape index (κ3) is 4.26. The highest BCUT2D eigenvalue weighted by molar-refractivity contribution is 5.85. The Morgan fingerprint density at radius 1 is 1.19 bits per heavy atom. The second kappa shape index (κ2) is 8.09. The van der Waals surface area contributed by atoms with Crippen molar-refractivity contribution in [3.8, 4) is 5.75 Å². The Labute approximate surface area is 154 Å². The summed E-state index contributed by atoms with van der Waals surface area (Å²) in [6.45, 7) is 4.51. The maximum Gasteiger partial charge on any atom is 0.217 e. The van der Waals surface area contributed by atoms with Crippen LogP contribution < -0.4 is 10.1 Å². The van der Waals surface area contributed by atoms with Crippen LogP contribution in [0, 0.1) is 0 Å². The number of fused-ring (bicyclic) bond motifs is 1. The Balaban J connectivity index is 1.89. The molecular formula is C22H26N2O2. The van der Waals surface area contributed by atoms with Crippen molar-refractivity contribution in [3.05, 3.63) is 65.9 Å². The van der Waals surface area contributed by atoms with Gasteiger partial charge in [-0.15, -0.1) is 0 Å². The van der Waals surface area contributed by atoms with Crippen molar-refractivity contribution in [2.45, 2.75) is 39.3 Å². The fourth-order valence-electron chi connectivity index (χ4n) is 3.45. The number of ether oxygens (including phenoxy) is 1. The molecule has 4 heteroatoms. The van der Waals surface area contributed by atoms with Gasteiger partial charge in [0.1, 0.15) is 5.75 Å². The van der Waals surface area contributed by atoms with Gasteiger partial charge in [0.25, 0.3) is 0 Å². The Morgan fingerprint density at radius 2 is 1.96 bits per heavy atom. The predicted octanol–water partition coefficient (Wildman–Crippen LogP) is 3.96. The first-order valence-corrected chi connectivity index (χ1v) is 9.03. The Morgan fingerprint density at radius 3 is 2.65 bits per heavy atom. The average Bonchev–Trinajstić information content (AvgIpc) is 2.97. The van der Waals surface area contributed by atoms with Crippen LogP contribution in [-0.2, 0) is 24.2 Å². The van der Waals surface area contributed by atoms with Crippen molar-refractivity contribution < 1.29 is 9.53 Å². The third-order valence-electron chi connectivity index (χ3n) is 4.63. The molecule has 0 fully saturated rings. The number of amides is 1. The Bertz CT molecular complexity index is 884. The van der Waals surface area contributed by atoms with Gasteiger partial charge in [0.05, 0.1) is 7.11 Å². The van der Waals surface area contributed by atoms with E-state index in [2.05, 4.69) is 52.5 Å². The molecule has 1 atom stereocenters. The number of methoxy groups -OCH3 is 1. The Hall–Kier alpha value is -2.75. The van der Waals surface area contributed by atoms with E-state index in [9.17, 15) is 4.79 Å². The highest BCUT2D eigenvalue weighted by Gasteiger charge is 2.13. The molecule has 1 aromatic heterocycles. The number of aromatic nitrogens is 1. The summed E-state index contributed by atoms with van der Waals surface area (Å²) >= 11 is 0. The standard InChI is InChI=1S/C22H26N2O2/c1-16(23-17(2)25)13-19-15-24(12-11-18-7-5-4-6-8-18)22-10-9-20(26-3)14-21(19)22/h4-10,14-16H,11-13H2,1-3H3,(H,23,25). The molecule has 1 unspecified atom stereocenters. The number of hydrogen-bond acceptors (Lipinski definition) is 2. The maximum absolute atomic E-state index is 11.3. The zero-order valence-electron chi connectivity index (χ0n) is 15.7. The van der Waals surface area contributed by atoms with Crippen LogP contribution in [0.1, 0.15) is 25.0 Å². The number of carbonyl (C=O) groups is 1. The van der Waals surface area contributed by atoms with Crippen LogP contribution in [0.4, 0.5) is 0 Å². The van der Waals surface area contributed by atoms with Crippen molar-refractivity contribution in [3.63, 3.8) is 0 Å². The number of aryl methyl sites for hydroxylation is 2. The van der Waals surface area contributed by atoms with Crippen LogP contribution in [0.3, 0.4) is 0 Å². The summed E-state index contributed by atoms with van der Waals surface area (Å²) in [6.07, 6.45) is 3.99. The van der Waals surface area contributed by atoms with Gasteiger partial charge >= 0.3 is 0 Å². The summed E-state index contributed by atoms with van der Waals surface area (Å²) in [5.41, 5.74) is 3.76. The molecular weight excluding hydrogens is 324 g/mol. The lowest BCUT2D eigenvalue weighted by Crippen LogP contribution is -2.31. The van der Waals surface area contributed by atoms with E-state index >= 15 is 0 Å². The van der Waals surface area contributed by atoms with Crippen LogP contribution >= 0.6 is 0 Å². The maximum atomic E-state index is 11.3. The van der Waals surface area contributed by atoms with Crippen molar-refractivity contribution in [2.75, 3.05) is 7.11 Å². The predicted molar refractivity (Wildman–Crippen MR) is 106 cm³/mol. The topological polar surface area (TPSA) is 43.3 Å². The van der Waals surface area contributed by atoms with Gasteiger partial charge in [-0.05, 0) is 49.1 Å². The van der Waals surface area contributed by atoms with Crippen LogP contribution in [-0.4, -0.2) is 23.6 Å². The van der Waals surface area contributed by atoms with Gasteiger partial charge in [0.2, 0.25) is 5.91 Å². The number of hydrogen-bond donors (Lipinski definition) is 1. The van der Waals surface area contributed by atoms with E-state index in [1.807, 2.05) is 19.1 Å². The molecule has 0 radical (unpaired) electrons. The van der Waals surface area contributed by atoms with E-state index in [0.717, 1.165) is 25.1 Å². The lowest BCUT2D eigenvalue weighted by molar-refractivity contribution is -0.119. The van der Waals surface area contributed by atoms with E-state index in [4.69, 9.17) is 4.74 Å². The molecule has 3 rings (SSSR count). The lowest BCUT2D eigenvalue weighted by Gasteiger charge is -2.11. The van der Waals surface area contributed by atoms with E-state index < -0.39 is 0 Å². The lowest BCUT2D eigenvalue weighted by atomic mass is 10.1. The fraction of sp³-hybridized carbons (Fsp3) is 0.318. The zero-order valence-corrected chi connectivity index (χ0v) is 15.7. The molecule has 1 amide bonds. The van der Waals surface area contributed by atoms with Crippen molar-refractivity contribution in [2.24, 2.45) is 0 Å². The molecule has 0 spiro atoms. The first-order chi connectivity index (χ1) is 12.6. The smallest absolute Gasteiger partial charge is 0.217 e. The minimum absolute atomic E-state index is 0.00268. The largest absolute Gasteiger partial charge is 0.497 e. The summed E-state index contributed by atoms with van der Waals surface area (Å²) < 4.78 is 7.71. The molecule has 136 valence electrons. The number of rotatable bonds is 7. The van der Waals surface area contributed by atoms with Gasteiger partial charge in [-0.25, -0.2) is 0 Å². The van der Waals surface area contributed by atoms with Gasteiger partial charge in [0.15, 0.2) is 0 Å². The van der Waals surface area contributed by atoms with Gasteiger partial charge in [-0.2, -0.15) is 0 Å². The van der Waals surface area contributed by atoms with E-state index in [1.54, 1.807) is 14.0 Å². The molecule has 0 bridgehead atoms. The molecule has 1 heterocycles. The number of nitrogens with one attached hydrogen (secondary N) is 1. The second-order valence-corrected chi connectivity index (χ2v) is 6.77. The minimum atomic E-state index is 0.00268. The number of nitrogens with zero attached hydrogens (tertiary/aromatic N) is 1. The SMILES string of the molecule is COc1ccc2c(c1)c(CC(C)NC(C)=O)cn2CCc1ccccc1. The van der Waals surface area contributed by atoms with Crippen LogP contribution in [0.2, 0.25) is 0 Å². The molecule has 26 heavy (non-hydrogen) atoms.